The second-order valence-corrected chi connectivity index (χ2v) is 9.52. The van der Waals surface area contributed by atoms with E-state index >= 15 is 0 Å². The van der Waals surface area contributed by atoms with Crippen LogP contribution in [0.3, 0.4) is 0 Å². The van der Waals surface area contributed by atoms with Crippen LogP contribution in [-0.4, -0.2) is 14.2 Å². The Morgan fingerprint density at radius 3 is 2.00 bits per heavy atom. The highest BCUT2D eigenvalue weighted by Crippen LogP contribution is 2.63. The van der Waals surface area contributed by atoms with Crippen molar-refractivity contribution in [2.24, 2.45) is 5.41 Å². The van der Waals surface area contributed by atoms with E-state index in [1.807, 2.05) is 6.07 Å². The average Bonchev–Trinajstić information content (AvgIpc) is 3.28. The molecule has 2 nitrogen and oxygen atoms in total. The Hall–Kier alpha value is -2.08. The second-order valence-electron chi connectivity index (χ2n) is 7.60. The molecule has 0 aromatic heterocycles. The Labute approximate surface area is 156 Å². The van der Waals surface area contributed by atoms with E-state index in [9.17, 15) is 21.6 Å². The van der Waals surface area contributed by atoms with E-state index in [-0.39, 0.29) is 16.1 Å². The van der Waals surface area contributed by atoms with Crippen molar-refractivity contribution in [2.45, 2.75) is 43.3 Å². The van der Waals surface area contributed by atoms with Gasteiger partial charge in [0.05, 0.1) is 4.90 Å². The topological polar surface area (TPSA) is 34.1 Å². The summed E-state index contributed by atoms with van der Waals surface area (Å²) in [6, 6.07) is 10.8. The van der Waals surface area contributed by atoms with Gasteiger partial charge in [-0.2, -0.15) is 8.78 Å². The van der Waals surface area contributed by atoms with E-state index in [4.69, 9.17) is 0 Å². The van der Waals surface area contributed by atoms with Crippen LogP contribution in [0.2, 0.25) is 0 Å². The molecule has 0 amide bonds. The van der Waals surface area contributed by atoms with E-state index in [2.05, 4.69) is 0 Å². The van der Waals surface area contributed by atoms with Crippen molar-refractivity contribution in [1.29, 1.82) is 0 Å². The summed E-state index contributed by atoms with van der Waals surface area (Å²) >= 11 is 0. The van der Waals surface area contributed by atoms with Crippen molar-refractivity contribution in [3.63, 3.8) is 0 Å². The zero-order valence-corrected chi connectivity index (χ0v) is 15.6. The summed E-state index contributed by atoms with van der Waals surface area (Å²) in [4.78, 5) is -0.375. The SMILES string of the molecule is Cc1cc(C2=C(c3ccc(S(=O)(=O)C(F)F)cc3)CC3(CC3)C2)ccc1F. The summed E-state index contributed by atoms with van der Waals surface area (Å²) < 4.78 is 62.4. The Morgan fingerprint density at radius 2 is 1.48 bits per heavy atom. The lowest BCUT2D eigenvalue weighted by molar-refractivity contribution is 0.234. The first-order valence-corrected chi connectivity index (χ1v) is 10.4. The van der Waals surface area contributed by atoms with Gasteiger partial charge in [-0.05, 0) is 90.1 Å². The number of benzene rings is 2. The molecule has 4 rings (SSSR count). The Bertz CT molecular complexity index is 1030. The predicted octanol–water partition coefficient (Wildman–Crippen LogP) is 5.62. The number of sulfone groups is 1. The van der Waals surface area contributed by atoms with Gasteiger partial charge in [-0.3, -0.25) is 0 Å². The third kappa shape index (κ3) is 3.20. The van der Waals surface area contributed by atoms with Crippen LogP contribution in [0.4, 0.5) is 13.2 Å². The van der Waals surface area contributed by atoms with Crippen LogP contribution >= 0.6 is 0 Å². The van der Waals surface area contributed by atoms with Crippen molar-refractivity contribution in [3.8, 4) is 0 Å². The van der Waals surface area contributed by atoms with Crippen LogP contribution in [0.15, 0.2) is 47.4 Å². The van der Waals surface area contributed by atoms with Crippen molar-refractivity contribution < 1.29 is 21.6 Å². The van der Waals surface area contributed by atoms with Crippen molar-refractivity contribution in [1.82, 2.24) is 0 Å². The fourth-order valence-electron chi connectivity index (χ4n) is 3.89. The summed E-state index contributed by atoms with van der Waals surface area (Å²) in [7, 11) is -4.59. The van der Waals surface area contributed by atoms with E-state index in [1.54, 1.807) is 25.1 Å². The molecule has 0 N–H and O–H groups in total. The fourth-order valence-corrected chi connectivity index (χ4v) is 4.61. The largest absolute Gasteiger partial charge is 0.341 e. The van der Waals surface area contributed by atoms with Crippen molar-refractivity contribution in [2.75, 3.05) is 0 Å². The minimum Gasteiger partial charge on any atom is -0.218 e. The number of hydrogen-bond donors (Lipinski definition) is 0. The maximum atomic E-state index is 13.7. The molecule has 142 valence electrons. The van der Waals surface area contributed by atoms with Crippen LogP contribution < -0.4 is 0 Å². The summed E-state index contributed by atoms with van der Waals surface area (Å²) in [6.45, 7) is 1.73. The van der Waals surface area contributed by atoms with Gasteiger partial charge < -0.3 is 0 Å². The highest BCUT2D eigenvalue weighted by Gasteiger charge is 2.48. The highest BCUT2D eigenvalue weighted by molar-refractivity contribution is 7.91. The standard InChI is InChI=1S/C21H19F3O2S/c1-13-10-15(4-7-19(13)22)18-12-21(8-9-21)11-17(18)14-2-5-16(6-3-14)27(25,26)20(23)24/h2-7,10,20H,8-9,11-12H2,1H3. The summed E-state index contributed by atoms with van der Waals surface area (Å²) in [5.41, 5.74) is 4.87. The molecular weight excluding hydrogens is 373 g/mol. The fraction of sp³-hybridized carbons (Fsp3) is 0.333. The molecule has 27 heavy (non-hydrogen) atoms. The van der Waals surface area contributed by atoms with E-state index in [0.717, 1.165) is 48.0 Å². The molecule has 1 saturated carbocycles. The third-order valence-electron chi connectivity index (χ3n) is 5.70. The third-order valence-corrected chi connectivity index (χ3v) is 7.10. The summed E-state index contributed by atoms with van der Waals surface area (Å²) in [5.74, 6) is -3.68. The molecule has 6 heteroatoms. The smallest absolute Gasteiger partial charge is 0.218 e. The van der Waals surface area contributed by atoms with Crippen molar-refractivity contribution >= 4 is 21.0 Å². The number of hydrogen-bond acceptors (Lipinski definition) is 2. The molecule has 2 aliphatic rings. The van der Waals surface area contributed by atoms with Gasteiger partial charge in [-0.25, -0.2) is 12.8 Å². The molecule has 0 heterocycles. The van der Waals surface area contributed by atoms with Gasteiger partial charge in [0.1, 0.15) is 5.82 Å². The molecule has 1 spiro atoms. The first-order chi connectivity index (χ1) is 12.7. The van der Waals surface area contributed by atoms with Crippen LogP contribution in [0.5, 0.6) is 0 Å². The van der Waals surface area contributed by atoms with E-state index < -0.39 is 15.6 Å². The number of alkyl halides is 2. The molecular formula is C21H19F3O2S. The minimum atomic E-state index is -4.59. The molecule has 0 radical (unpaired) electrons. The lowest BCUT2D eigenvalue weighted by Crippen LogP contribution is -2.11. The zero-order valence-electron chi connectivity index (χ0n) is 14.8. The minimum absolute atomic E-state index is 0.249. The van der Waals surface area contributed by atoms with Gasteiger partial charge in [0.25, 0.3) is 0 Å². The van der Waals surface area contributed by atoms with Gasteiger partial charge in [0, 0.05) is 0 Å². The van der Waals surface area contributed by atoms with Gasteiger partial charge in [-0.1, -0.05) is 18.2 Å². The quantitative estimate of drug-likeness (QED) is 0.677. The summed E-state index contributed by atoms with van der Waals surface area (Å²) in [6.07, 6.45) is 4.06. The number of allylic oxidation sites excluding steroid dienone is 2. The zero-order chi connectivity index (χ0) is 19.4. The Morgan fingerprint density at radius 1 is 0.926 bits per heavy atom. The molecule has 2 aromatic carbocycles. The van der Waals surface area contributed by atoms with Gasteiger partial charge in [0.2, 0.25) is 9.84 Å². The molecule has 1 fully saturated rings. The average molecular weight is 392 g/mol. The highest BCUT2D eigenvalue weighted by atomic mass is 32.2. The molecule has 0 unspecified atom stereocenters. The first kappa shape index (κ1) is 18.3. The van der Waals surface area contributed by atoms with Crippen molar-refractivity contribution in [3.05, 3.63) is 65.0 Å². The van der Waals surface area contributed by atoms with Gasteiger partial charge >= 0.3 is 5.76 Å². The van der Waals surface area contributed by atoms with Crippen LogP contribution in [0, 0.1) is 18.2 Å². The molecule has 0 aliphatic heterocycles. The number of rotatable bonds is 4. The van der Waals surface area contributed by atoms with E-state index in [1.165, 1.54) is 18.2 Å². The molecule has 0 bridgehead atoms. The molecule has 2 aliphatic carbocycles. The Kier molecular flexibility index (Phi) is 4.22. The van der Waals surface area contributed by atoms with Crippen LogP contribution in [-0.2, 0) is 9.84 Å². The lowest BCUT2D eigenvalue weighted by Gasteiger charge is -2.10. The lowest BCUT2D eigenvalue weighted by atomic mass is 9.96. The van der Waals surface area contributed by atoms with E-state index in [0.29, 0.717) is 5.56 Å². The van der Waals surface area contributed by atoms with Gasteiger partial charge in [-0.15, -0.1) is 0 Å². The maximum Gasteiger partial charge on any atom is 0.341 e. The van der Waals surface area contributed by atoms with Gasteiger partial charge in [0.15, 0.2) is 0 Å². The number of aryl methyl sites for hydroxylation is 1. The molecule has 0 saturated heterocycles. The second kappa shape index (κ2) is 6.23. The predicted molar refractivity (Wildman–Crippen MR) is 98.5 cm³/mol. The normalized spacial score (nSPS) is 18.6. The maximum absolute atomic E-state index is 13.7. The van der Waals surface area contributed by atoms with Crippen LogP contribution in [0.25, 0.3) is 11.1 Å². The Balaban J connectivity index is 1.76. The van der Waals surface area contributed by atoms with Crippen LogP contribution in [0.1, 0.15) is 42.4 Å². The summed E-state index contributed by atoms with van der Waals surface area (Å²) in [5, 5.41) is 0. The monoisotopic (exact) mass is 392 g/mol. The number of halogens is 3. The first-order valence-electron chi connectivity index (χ1n) is 8.83. The molecule has 2 aromatic rings. The molecule has 0 atom stereocenters.